The first-order valence-corrected chi connectivity index (χ1v) is 9.00. The highest BCUT2D eigenvalue weighted by Gasteiger charge is 2.17. The fourth-order valence-electron chi connectivity index (χ4n) is 1.71. The largest absolute Gasteiger partial charge is 0.378 e. The van der Waals surface area contributed by atoms with Crippen LogP contribution in [0.1, 0.15) is 0 Å². The van der Waals surface area contributed by atoms with E-state index >= 15 is 0 Å². The summed E-state index contributed by atoms with van der Waals surface area (Å²) in [5.41, 5.74) is 5.78. The summed E-state index contributed by atoms with van der Waals surface area (Å²) in [6.45, 7) is 2.84. The minimum Gasteiger partial charge on any atom is -0.378 e. The van der Waals surface area contributed by atoms with Crippen LogP contribution in [0.15, 0.2) is 13.8 Å². The van der Waals surface area contributed by atoms with Gasteiger partial charge in [-0.3, -0.25) is 0 Å². The third-order valence-corrected chi connectivity index (χ3v) is 5.47. The zero-order chi connectivity index (χ0) is 14.7. The molecule has 1 fully saturated rings. The summed E-state index contributed by atoms with van der Waals surface area (Å²) in [5.74, 6) is 0.798. The summed E-state index contributed by atoms with van der Waals surface area (Å²) in [6.07, 6.45) is 1.96. The molecule has 0 bridgehead atoms. The smallest absolute Gasteiger partial charge is 0.231 e. The third kappa shape index (κ3) is 3.73. The fraction of sp³-hybridized carbons (Fsp3) is 0.500. The second-order valence-electron chi connectivity index (χ2n) is 4.02. The van der Waals surface area contributed by atoms with Crippen molar-refractivity contribution in [1.82, 2.24) is 25.1 Å². The van der Waals surface area contributed by atoms with Gasteiger partial charge in [-0.1, -0.05) is 23.1 Å². The molecule has 0 spiro atoms. The van der Waals surface area contributed by atoms with E-state index < -0.39 is 0 Å². The SMILES string of the molecule is CSc1nnc(Sc2nc(N)nc(N3CCOCC3)n2)s1. The van der Waals surface area contributed by atoms with Crippen molar-refractivity contribution < 1.29 is 4.74 Å². The maximum absolute atomic E-state index is 5.78. The summed E-state index contributed by atoms with van der Waals surface area (Å²) < 4.78 is 7.02. The average molecular weight is 343 g/mol. The monoisotopic (exact) mass is 343 g/mol. The fourth-order valence-corrected chi connectivity index (χ4v) is 4.01. The van der Waals surface area contributed by atoms with E-state index in [2.05, 4.69) is 25.1 Å². The highest BCUT2D eigenvalue weighted by molar-refractivity contribution is 8.02. The molecule has 1 aliphatic rings. The molecule has 0 aliphatic carbocycles. The van der Waals surface area contributed by atoms with Crippen molar-refractivity contribution in [2.45, 2.75) is 13.8 Å². The molecule has 0 saturated carbocycles. The average Bonchev–Trinajstić information content (AvgIpc) is 2.95. The van der Waals surface area contributed by atoms with Gasteiger partial charge >= 0.3 is 0 Å². The normalized spacial score (nSPS) is 15.4. The van der Waals surface area contributed by atoms with Gasteiger partial charge in [0.15, 0.2) is 8.68 Å². The van der Waals surface area contributed by atoms with E-state index in [0.717, 1.165) is 21.8 Å². The lowest BCUT2D eigenvalue weighted by Gasteiger charge is -2.26. The molecule has 2 N–H and O–H groups in total. The maximum atomic E-state index is 5.78. The Bertz CT molecular complexity index is 616. The highest BCUT2D eigenvalue weighted by Crippen LogP contribution is 2.31. The number of hydrogen-bond donors (Lipinski definition) is 1. The second-order valence-corrected chi connectivity index (χ2v) is 7.26. The van der Waals surface area contributed by atoms with Crippen molar-refractivity contribution in [3.05, 3.63) is 0 Å². The number of thioether (sulfide) groups is 1. The first-order valence-electron chi connectivity index (χ1n) is 6.14. The summed E-state index contributed by atoms with van der Waals surface area (Å²) in [6, 6.07) is 0. The van der Waals surface area contributed by atoms with Crippen LogP contribution in [0, 0.1) is 0 Å². The van der Waals surface area contributed by atoms with Crippen LogP contribution in [0.25, 0.3) is 0 Å². The van der Waals surface area contributed by atoms with Crippen molar-refractivity contribution in [2.75, 3.05) is 43.2 Å². The first-order chi connectivity index (χ1) is 10.2. The van der Waals surface area contributed by atoms with Gasteiger partial charge < -0.3 is 15.4 Å². The first kappa shape index (κ1) is 14.8. The number of ether oxygens (including phenoxy) is 1. The Hall–Kier alpha value is -1.17. The molecule has 1 aliphatic heterocycles. The molecule has 3 rings (SSSR count). The molecule has 21 heavy (non-hydrogen) atoms. The van der Waals surface area contributed by atoms with Crippen molar-refractivity contribution >= 4 is 46.8 Å². The van der Waals surface area contributed by atoms with E-state index in [1.165, 1.54) is 23.1 Å². The van der Waals surface area contributed by atoms with Gasteiger partial charge in [-0.15, -0.1) is 10.2 Å². The number of nitrogens with zero attached hydrogens (tertiary/aromatic N) is 6. The second kappa shape index (κ2) is 6.73. The Morgan fingerprint density at radius 1 is 1.14 bits per heavy atom. The van der Waals surface area contributed by atoms with E-state index in [0.29, 0.717) is 24.3 Å². The van der Waals surface area contributed by atoms with Gasteiger partial charge in [0.2, 0.25) is 17.1 Å². The summed E-state index contributed by atoms with van der Waals surface area (Å²) in [7, 11) is 0. The summed E-state index contributed by atoms with van der Waals surface area (Å²) in [4.78, 5) is 14.8. The minimum absolute atomic E-state index is 0.212. The van der Waals surface area contributed by atoms with Gasteiger partial charge in [-0.25, -0.2) is 0 Å². The van der Waals surface area contributed by atoms with Gasteiger partial charge in [0, 0.05) is 13.1 Å². The lowest BCUT2D eigenvalue weighted by atomic mass is 10.4. The lowest BCUT2D eigenvalue weighted by Crippen LogP contribution is -2.37. The number of nitrogens with two attached hydrogens (primary N) is 1. The highest BCUT2D eigenvalue weighted by atomic mass is 32.2. The van der Waals surface area contributed by atoms with Gasteiger partial charge in [0.05, 0.1) is 13.2 Å². The van der Waals surface area contributed by atoms with Crippen LogP contribution < -0.4 is 10.6 Å². The van der Waals surface area contributed by atoms with Gasteiger partial charge in [0.1, 0.15) is 0 Å². The van der Waals surface area contributed by atoms with E-state index in [9.17, 15) is 0 Å². The minimum atomic E-state index is 0.212. The van der Waals surface area contributed by atoms with Crippen LogP contribution in [0.5, 0.6) is 0 Å². The summed E-state index contributed by atoms with van der Waals surface area (Å²) >= 11 is 4.41. The Morgan fingerprint density at radius 3 is 2.62 bits per heavy atom. The maximum Gasteiger partial charge on any atom is 0.231 e. The molecule has 112 valence electrons. The molecule has 3 heterocycles. The predicted octanol–water partition coefficient (Wildman–Crippen LogP) is 1.01. The Morgan fingerprint density at radius 2 is 1.90 bits per heavy atom. The number of anilines is 2. The molecule has 11 heteroatoms. The van der Waals surface area contributed by atoms with Crippen LogP contribution in [0.4, 0.5) is 11.9 Å². The number of morpholine rings is 1. The van der Waals surface area contributed by atoms with Gasteiger partial charge in [0.25, 0.3) is 0 Å². The zero-order valence-electron chi connectivity index (χ0n) is 11.2. The van der Waals surface area contributed by atoms with Crippen LogP contribution in [-0.2, 0) is 4.74 Å². The number of rotatable bonds is 4. The Balaban J connectivity index is 1.79. The van der Waals surface area contributed by atoms with Crippen LogP contribution in [-0.4, -0.2) is 57.7 Å². The molecule has 1 saturated heterocycles. The van der Waals surface area contributed by atoms with Gasteiger partial charge in [-0.2, -0.15) is 15.0 Å². The quantitative estimate of drug-likeness (QED) is 0.809. The molecular formula is C10H13N7OS3. The molecule has 0 aromatic carbocycles. The predicted molar refractivity (Wildman–Crippen MR) is 83.1 cm³/mol. The zero-order valence-corrected chi connectivity index (χ0v) is 13.7. The van der Waals surface area contributed by atoms with E-state index in [1.807, 2.05) is 11.2 Å². The Labute approximate surface area is 133 Å². The van der Waals surface area contributed by atoms with Crippen LogP contribution in [0.2, 0.25) is 0 Å². The number of nitrogen functional groups attached to an aromatic ring is 1. The number of hydrogen-bond acceptors (Lipinski definition) is 11. The molecule has 0 atom stereocenters. The van der Waals surface area contributed by atoms with E-state index in [1.54, 1.807) is 11.8 Å². The van der Waals surface area contributed by atoms with E-state index in [4.69, 9.17) is 10.5 Å². The summed E-state index contributed by atoms with van der Waals surface area (Å²) in [5, 5.41) is 8.67. The molecule has 2 aromatic heterocycles. The third-order valence-electron chi connectivity index (χ3n) is 2.66. The Kier molecular flexibility index (Phi) is 4.73. The van der Waals surface area contributed by atoms with Gasteiger partial charge in [-0.05, 0) is 18.0 Å². The van der Waals surface area contributed by atoms with Crippen molar-refractivity contribution in [2.24, 2.45) is 0 Å². The molecular weight excluding hydrogens is 330 g/mol. The molecule has 0 amide bonds. The topological polar surface area (TPSA) is 103 Å². The van der Waals surface area contributed by atoms with Crippen molar-refractivity contribution in [3.63, 3.8) is 0 Å². The standard InChI is InChI=1S/C10H13N7OS3/c1-19-9-15-16-10(21-9)20-8-13-6(11)12-7(14-8)17-2-4-18-5-3-17/h2-5H2,1H3,(H2,11,12,13,14). The molecule has 2 aromatic rings. The van der Waals surface area contributed by atoms with E-state index in [-0.39, 0.29) is 5.95 Å². The molecule has 0 radical (unpaired) electrons. The number of aromatic nitrogens is 5. The molecule has 8 nitrogen and oxygen atoms in total. The van der Waals surface area contributed by atoms with Crippen LogP contribution in [0.3, 0.4) is 0 Å². The van der Waals surface area contributed by atoms with Crippen molar-refractivity contribution in [3.8, 4) is 0 Å². The molecule has 0 unspecified atom stereocenters. The van der Waals surface area contributed by atoms with Crippen molar-refractivity contribution in [1.29, 1.82) is 0 Å². The lowest BCUT2D eigenvalue weighted by molar-refractivity contribution is 0.122. The van der Waals surface area contributed by atoms with Crippen LogP contribution >= 0.6 is 34.9 Å².